The molecular weight excluding hydrogens is 399 g/mol. The number of halogens is 1. The number of thioether (sulfide) groups is 1. The van der Waals surface area contributed by atoms with E-state index in [-0.39, 0.29) is 22.9 Å². The van der Waals surface area contributed by atoms with Gasteiger partial charge in [-0.25, -0.2) is 4.39 Å². The van der Waals surface area contributed by atoms with Crippen molar-refractivity contribution in [3.63, 3.8) is 0 Å². The fourth-order valence-electron chi connectivity index (χ4n) is 3.02. The Morgan fingerprint density at radius 2 is 1.87 bits per heavy atom. The zero-order chi connectivity index (χ0) is 21.5. The molecule has 5 nitrogen and oxygen atoms in total. The van der Waals surface area contributed by atoms with E-state index in [1.54, 1.807) is 28.8 Å². The zero-order valence-corrected chi connectivity index (χ0v) is 17.9. The van der Waals surface area contributed by atoms with Gasteiger partial charge in [-0.15, -0.1) is 16.8 Å². The molecule has 2 atom stereocenters. The van der Waals surface area contributed by atoms with E-state index < -0.39 is 0 Å². The monoisotopic (exact) mass is 424 g/mol. The molecule has 1 heterocycles. The molecule has 1 aromatic heterocycles. The number of allylic oxidation sites excluding steroid dienone is 1. The topological polar surface area (TPSA) is 59.8 Å². The van der Waals surface area contributed by atoms with Crippen LogP contribution in [0, 0.1) is 5.82 Å². The minimum Gasteiger partial charge on any atom is -0.355 e. The van der Waals surface area contributed by atoms with Crippen LogP contribution in [0.1, 0.15) is 25.3 Å². The van der Waals surface area contributed by atoms with Crippen molar-refractivity contribution in [1.82, 2.24) is 20.1 Å². The third-order valence-electron chi connectivity index (χ3n) is 4.75. The first-order valence-corrected chi connectivity index (χ1v) is 10.7. The normalized spacial score (nSPS) is 12.9. The lowest BCUT2D eigenvalue weighted by atomic mass is 10.0. The molecule has 30 heavy (non-hydrogen) atoms. The van der Waals surface area contributed by atoms with Gasteiger partial charge in [0.1, 0.15) is 5.82 Å². The lowest BCUT2D eigenvalue weighted by Crippen LogP contribution is -2.33. The summed E-state index contributed by atoms with van der Waals surface area (Å²) in [4.78, 5) is 12.6. The summed E-state index contributed by atoms with van der Waals surface area (Å²) in [6, 6.07) is 16.5. The number of benzene rings is 2. The summed E-state index contributed by atoms with van der Waals surface area (Å²) in [6.45, 7) is 8.63. The van der Waals surface area contributed by atoms with Gasteiger partial charge in [0.2, 0.25) is 5.91 Å². The summed E-state index contributed by atoms with van der Waals surface area (Å²) in [6.07, 6.45) is 1.70. The molecule has 0 bridgehead atoms. The van der Waals surface area contributed by atoms with Crippen LogP contribution in [-0.4, -0.2) is 32.5 Å². The predicted octanol–water partition coefficient (Wildman–Crippen LogP) is 4.67. The molecule has 7 heteroatoms. The van der Waals surface area contributed by atoms with Crippen molar-refractivity contribution in [3.05, 3.63) is 78.6 Å². The van der Waals surface area contributed by atoms with Crippen LogP contribution in [0.5, 0.6) is 0 Å². The fraction of sp³-hybridized carbons (Fsp3) is 0.261. The molecule has 0 aliphatic carbocycles. The zero-order valence-electron chi connectivity index (χ0n) is 17.1. The highest BCUT2D eigenvalue weighted by Crippen LogP contribution is 2.28. The van der Waals surface area contributed by atoms with Gasteiger partial charge in [0, 0.05) is 13.1 Å². The first-order chi connectivity index (χ1) is 14.5. The van der Waals surface area contributed by atoms with E-state index >= 15 is 0 Å². The van der Waals surface area contributed by atoms with Crippen LogP contribution in [-0.2, 0) is 11.3 Å². The molecule has 1 amide bonds. The second-order valence-electron chi connectivity index (χ2n) is 7.00. The Hall–Kier alpha value is -2.93. The number of nitrogens with zero attached hydrogens (tertiary/aromatic N) is 3. The average Bonchev–Trinajstić information content (AvgIpc) is 3.15. The van der Waals surface area contributed by atoms with E-state index in [0.717, 1.165) is 0 Å². The summed E-state index contributed by atoms with van der Waals surface area (Å²) in [7, 11) is 0. The smallest absolute Gasteiger partial charge is 0.233 e. The van der Waals surface area contributed by atoms with E-state index in [4.69, 9.17) is 0 Å². The van der Waals surface area contributed by atoms with Gasteiger partial charge in [-0.05, 0) is 30.5 Å². The second kappa shape index (κ2) is 10.2. The molecule has 0 aliphatic heterocycles. The van der Waals surface area contributed by atoms with Crippen LogP contribution in [0.15, 0.2) is 72.4 Å². The Kier molecular flexibility index (Phi) is 7.41. The molecule has 0 aliphatic rings. The number of rotatable bonds is 9. The summed E-state index contributed by atoms with van der Waals surface area (Å²) < 4.78 is 16.0. The first kappa shape index (κ1) is 21.8. The van der Waals surface area contributed by atoms with Crippen molar-refractivity contribution in [2.24, 2.45) is 0 Å². The Morgan fingerprint density at radius 1 is 1.17 bits per heavy atom. The number of aromatic nitrogens is 3. The lowest BCUT2D eigenvalue weighted by Gasteiger charge is -2.16. The number of hydrogen-bond acceptors (Lipinski definition) is 4. The summed E-state index contributed by atoms with van der Waals surface area (Å²) >= 11 is 1.29. The van der Waals surface area contributed by atoms with Crippen molar-refractivity contribution in [3.8, 4) is 11.4 Å². The number of nitrogens with one attached hydrogen (secondary N) is 1. The van der Waals surface area contributed by atoms with E-state index in [1.807, 2.05) is 25.1 Å². The molecule has 0 saturated carbocycles. The Labute approximate surface area is 180 Å². The number of hydrogen-bond donors (Lipinski definition) is 1. The third-order valence-corrected chi connectivity index (χ3v) is 5.83. The van der Waals surface area contributed by atoms with Gasteiger partial charge in [0.05, 0.1) is 10.8 Å². The van der Waals surface area contributed by atoms with Crippen molar-refractivity contribution >= 4 is 17.7 Å². The van der Waals surface area contributed by atoms with Crippen LogP contribution in [0.25, 0.3) is 11.4 Å². The van der Waals surface area contributed by atoms with Gasteiger partial charge in [0.15, 0.2) is 11.0 Å². The maximum absolute atomic E-state index is 14.2. The molecule has 3 aromatic rings. The van der Waals surface area contributed by atoms with Crippen molar-refractivity contribution in [2.75, 3.05) is 6.54 Å². The van der Waals surface area contributed by atoms with Gasteiger partial charge >= 0.3 is 0 Å². The molecule has 0 radical (unpaired) electrons. The van der Waals surface area contributed by atoms with E-state index in [1.165, 1.54) is 23.4 Å². The van der Waals surface area contributed by atoms with Crippen LogP contribution in [0.3, 0.4) is 0 Å². The lowest BCUT2D eigenvalue weighted by molar-refractivity contribution is -0.120. The van der Waals surface area contributed by atoms with Crippen LogP contribution in [0.2, 0.25) is 0 Å². The first-order valence-electron chi connectivity index (χ1n) is 9.79. The largest absolute Gasteiger partial charge is 0.355 e. The van der Waals surface area contributed by atoms with E-state index in [9.17, 15) is 9.18 Å². The number of amides is 1. The molecule has 0 fully saturated rings. The summed E-state index contributed by atoms with van der Waals surface area (Å²) in [5, 5.41) is 11.5. The van der Waals surface area contributed by atoms with Gasteiger partial charge < -0.3 is 5.32 Å². The highest BCUT2D eigenvalue weighted by Gasteiger charge is 2.22. The SMILES string of the molecule is C=CCn1c(SC(C)C(=O)NCC(C)c2ccccc2)nnc1-c1ccccc1F. The Bertz CT molecular complexity index is 1010. The summed E-state index contributed by atoms with van der Waals surface area (Å²) in [5.74, 6) is 0.182. The van der Waals surface area contributed by atoms with Crippen LogP contribution < -0.4 is 5.32 Å². The van der Waals surface area contributed by atoms with Gasteiger partial charge in [-0.2, -0.15) is 0 Å². The molecular formula is C23H25FN4OS. The maximum atomic E-state index is 14.2. The van der Waals surface area contributed by atoms with Gasteiger partial charge in [0.25, 0.3) is 0 Å². The van der Waals surface area contributed by atoms with Crippen LogP contribution in [0.4, 0.5) is 4.39 Å². The van der Waals surface area contributed by atoms with Crippen molar-refractivity contribution in [1.29, 1.82) is 0 Å². The fourth-order valence-corrected chi connectivity index (χ4v) is 3.90. The van der Waals surface area contributed by atoms with E-state index in [2.05, 4.69) is 41.1 Å². The standard InChI is InChI=1S/C23H25FN4OS/c1-4-14-28-21(19-12-8-9-13-20(19)24)26-27-23(28)30-17(3)22(29)25-15-16(2)18-10-6-5-7-11-18/h4-13,16-17H,1,14-15H2,2-3H3,(H,25,29). The second-order valence-corrected chi connectivity index (χ2v) is 8.31. The van der Waals surface area contributed by atoms with E-state index in [0.29, 0.717) is 29.6 Å². The highest BCUT2D eigenvalue weighted by molar-refractivity contribution is 8.00. The Morgan fingerprint density at radius 3 is 2.57 bits per heavy atom. The molecule has 2 aromatic carbocycles. The molecule has 0 saturated heterocycles. The van der Waals surface area contributed by atoms with Gasteiger partial charge in [-0.3, -0.25) is 9.36 Å². The molecule has 1 N–H and O–H groups in total. The maximum Gasteiger partial charge on any atom is 0.233 e. The van der Waals surface area contributed by atoms with Crippen molar-refractivity contribution < 1.29 is 9.18 Å². The van der Waals surface area contributed by atoms with Crippen molar-refractivity contribution in [2.45, 2.75) is 36.7 Å². The highest BCUT2D eigenvalue weighted by atomic mass is 32.2. The average molecular weight is 425 g/mol. The number of carbonyl (C=O) groups is 1. The molecule has 156 valence electrons. The van der Waals surface area contributed by atoms with Gasteiger partial charge in [-0.1, -0.05) is 67.2 Å². The predicted molar refractivity (Wildman–Crippen MR) is 119 cm³/mol. The minimum atomic E-state index is -0.380. The third kappa shape index (κ3) is 5.16. The summed E-state index contributed by atoms with van der Waals surface area (Å²) in [5.41, 5.74) is 1.55. The minimum absolute atomic E-state index is 0.0802. The van der Waals surface area contributed by atoms with Crippen LogP contribution >= 0.6 is 11.8 Å². The molecule has 2 unspecified atom stereocenters. The quantitative estimate of drug-likeness (QED) is 0.401. The molecule has 0 spiro atoms. The number of carbonyl (C=O) groups excluding carboxylic acids is 1. The molecule has 3 rings (SSSR count). The Balaban J connectivity index is 1.68.